The van der Waals surface area contributed by atoms with Gasteiger partial charge in [-0.15, -0.1) is 0 Å². The molecule has 0 aliphatic carbocycles. The number of nitrogens with one attached hydrogen (secondary N) is 2. The van der Waals surface area contributed by atoms with Crippen molar-refractivity contribution in [2.45, 2.75) is 31.7 Å². The summed E-state index contributed by atoms with van der Waals surface area (Å²) in [5.41, 5.74) is -0.910. The lowest BCUT2D eigenvalue weighted by Gasteiger charge is -2.21. The van der Waals surface area contributed by atoms with Gasteiger partial charge in [0.25, 0.3) is 5.91 Å². The lowest BCUT2D eigenvalue weighted by atomic mass is 9.99. The molecule has 0 bridgehead atoms. The van der Waals surface area contributed by atoms with Gasteiger partial charge in [0.15, 0.2) is 0 Å². The molecule has 4 amide bonds. The quantitative estimate of drug-likeness (QED) is 0.526. The van der Waals surface area contributed by atoms with Crippen LogP contribution in [0.1, 0.15) is 26.2 Å². The van der Waals surface area contributed by atoms with Crippen molar-refractivity contribution in [1.29, 1.82) is 0 Å². The van der Waals surface area contributed by atoms with E-state index in [1.165, 1.54) is 0 Å². The van der Waals surface area contributed by atoms with Crippen molar-refractivity contribution in [2.75, 3.05) is 26.3 Å². The van der Waals surface area contributed by atoms with Crippen LogP contribution in [-0.4, -0.2) is 54.6 Å². The topological polar surface area (TPSA) is 87.7 Å². The Morgan fingerprint density at radius 3 is 2.89 bits per heavy atom. The molecule has 0 aromatic carbocycles. The third-order valence-electron chi connectivity index (χ3n) is 3.52. The third-order valence-corrected chi connectivity index (χ3v) is 3.52. The molecule has 0 aromatic rings. The zero-order chi connectivity index (χ0) is 13.9. The standard InChI is InChI=1S/C12H19N3O4/c1-2-19-7-3-4-9(16)15-6-5-12(8-15)10(17)13-11(18)14-12/h2-8H2,1H3,(H2,13,14,17,18). The first-order chi connectivity index (χ1) is 9.07. The van der Waals surface area contributed by atoms with Crippen LogP contribution >= 0.6 is 0 Å². The number of hydrogen-bond acceptors (Lipinski definition) is 4. The maximum Gasteiger partial charge on any atom is 0.322 e. The van der Waals surface area contributed by atoms with Gasteiger partial charge in [-0.1, -0.05) is 0 Å². The fraction of sp³-hybridized carbons (Fsp3) is 0.750. The smallest absolute Gasteiger partial charge is 0.322 e. The molecule has 19 heavy (non-hydrogen) atoms. The molecule has 2 aliphatic heterocycles. The van der Waals surface area contributed by atoms with Crippen molar-refractivity contribution in [3.05, 3.63) is 0 Å². The number of nitrogens with zero attached hydrogens (tertiary/aromatic N) is 1. The Morgan fingerprint density at radius 2 is 2.26 bits per heavy atom. The molecule has 2 rings (SSSR count). The van der Waals surface area contributed by atoms with Gasteiger partial charge < -0.3 is 15.0 Å². The first-order valence-corrected chi connectivity index (χ1v) is 6.56. The molecule has 1 spiro atoms. The van der Waals surface area contributed by atoms with Crippen molar-refractivity contribution in [1.82, 2.24) is 15.5 Å². The molecular weight excluding hydrogens is 250 g/mol. The van der Waals surface area contributed by atoms with E-state index in [9.17, 15) is 14.4 Å². The number of likely N-dealkylation sites (tertiary alicyclic amines) is 1. The van der Waals surface area contributed by atoms with Gasteiger partial charge in [0.2, 0.25) is 5.91 Å². The highest BCUT2D eigenvalue weighted by molar-refractivity contribution is 6.07. The summed E-state index contributed by atoms with van der Waals surface area (Å²) in [6.07, 6.45) is 1.56. The number of ether oxygens (including phenoxy) is 1. The maximum atomic E-state index is 12.0. The number of carbonyl (C=O) groups excluding carboxylic acids is 3. The van der Waals surface area contributed by atoms with Crippen LogP contribution in [0.25, 0.3) is 0 Å². The molecule has 2 fully saturated rings. The summed E-state index contributed by atoms with van der Waals surface area (Å²) in [5.74, 6) is -0.326. The van der Waals surface area contributed by atoms with Crippen molar-refractivity contribution in [2.24, 2.45) is 0 Å². The van der Waals surface area contributed by atoms with E-state index in [1.807, 2.05) is 6.92 Å². The Labute approximate surface area is 111 Å². The Bertz CT molecular complexity index is 398. The molecule has 0 saturated carbocycles. The maximum absolute atomic E-state index is 12.0. The molecule has 7 nitrogen and oxygen atoms in total. The summed E-state index contributed by atoms with van der Waals surface area (Å²) in [6, 6.07) is -0.476. The largest absolute Gasteiger partial charge is 0.382 e. The van der Waals surface area contributed by atoms with E-state index in [4.69, 9.17) is 4.74 Å². The normalized spacial score (nSPS) is 25.8. The number of urea groups is 1. The molecule has 0 aromatic heterocycles. The Balaban J connectivity index is 1.83. The molecule has 1 atom stereocenters. The SMILES string of the molecule is CCOCCCC(=O)N1CCC2(C1)NC(=O)NC2=O. The molecule has 1 unspecified atom stereocenters. The zero-order valence-corrected chi connectivity index (χ0v) is 11.0. The monoisotopic (exact) mass is 269 g/mol. The van der Waals surface area contributed by atoms with Crippen molar-refractivity contribution in [3.8, 4) is 0 Å². The number of carbonyl (C=O) groups is 3. The molecule has 2 N–H and O–H groups in total. The van der Waals surface area contributed by atoms with E-state index >= 15 is 0 Å². The molecule has 106 valence electrons. The average molecular weight is 269 g/mol. The second kappa shape index (κ2) is 5.56. The molecule has 7 heteroatoms. The van der Waals surface area contributed by atoms with Crippen LogP contribution in [0.2, 0.25) is 0 Å². The summed E-state index contributed by atoms with van der Waals surface area (Å²) in [5, 5.41) is 4.84. The van der Waals surface area contributed by atoms with Gasteiger partial charge in [0.1, 0.15) is 5.54 Å². The number of rotatable bonds is 5. The molecule has 2 aliphatic rings. The lowest BCUT2D eigenvalue weighted by Crippen LogP contribution is -2.49. The summed E-state index contributed by atoms with van der Waals surface area (Å²) in [4.78, 5) is 36.5. The van der Waals surface area contributed by atoms with E-state index in [2.05, 4.69) is 10.6 Å². The van der Waals surface area contributed by atoms with E-state index in [-0.39, 0.29) is 18.4 Å². The predicted octanol–water partition coefficient (Wildman–Crippen LogP) is -0.386. The van der Waals surface area contributed by atoms with E-state index in [0.29, 0.717) is 39.0 Å². The third kappa shape index (κ3) is 2.86. The van der Waals surface area contributed by atoms with Gasteiger partial charge in [0, 0.05) is 26.2 Å². The van der Waals surface area contributed by atoms with Crippen LogP contribution in [0.5, 0.6) is 0 Å². The fourth-order valence-electron chi connectivity index (χ4n) is 2.47. The van der Waals surface area contributed by atoms with Crippen LogP contribution in [-0.2, 0) is 14.3 Å². The second-order valence-electron chi connectivity index (χ2n) is 4.86. The summed E-state index contributed by atoms with van der Waals surface area (Å²) in [7, 11) is 0. The Morgan fingerprint density at radius 1 is 1.47 bits per heavy atom. The van der Waals surface area contributed by atoms with Crippen molar-refractivity contribution in [3.63, 3.8) is 0 Å². The van der Waals surface area contributed by atoms with Crippen LogP contribution in [0.4, 0.5) is 4.79 Å². The number of imide groups is 1. The van der Waals surface area contributed by atoms with E-state index in [1.54, 1.807) is 4.90 Å². The minimum absolute atomic E-state index is 0.00512. The van der Waals surface area contributed by atoms with Gasteiger partial charge >= 0.3 is 6.03 Å². The summed E-state index contributed by atoms with van der Waals surface area (Å²) >= 11 is 0. The minimum Gasteiger partial charge on any atom is -0.382 e. The second-order valence-corrected chi connectivity index (χ2v) is 4.86. The molecular formula is C12H19N3O4. The summed E-state index contributed by atoms with van der Waals surface area (Å²) in [6.45, 7) is 3.89. The van der Waals surface area contributed by atoms with Gasteiger partial charge in [0.05, 0.1) is 6.54 Å². The average Bonchev–Trinajstić information content (AvgIpc) is 2.90. The van der Waals surface area contributed by atoms with E-state index in [0.717, 1.165) is 0 Å². The first-order valence-electron chi connectivity index (χ1n) is 6.56. The highest BCUT2D eigenvalue weighted by Crippen LogP contribution is 2.25. The van der Waals surface area contributed by atoms with Crippen LogP contribution < -0.4 is 10.6 Å². The first kappa shape index (κ1) is 13.8. The minimum atomic E-state index is -0.910. The number of hydrogen-bond donors (Lipinski definition) is 2. The van der Waals surface area contributed by atoms with Crippen LogP contribution in [0.15, 0.2) is 0 Å². The van der Waals surface area contributed by atoms with Gasteiger partial charge in [-0.2, -0.15) is 0 Å². The highest BCUT2D eigenvalue weighted by Gasteiger charge is 2.51. The van der Waals surface area contributed by atoms with E-state index < -0.39 is 11.6 Å². The molecule has 0 radical (unpaired) electrons. The van der Waals surface area contributed by atoms with Gasteiger partial charge in [-0.25, -0.2) is 4.79 Å². The van der Waals surface area contributed by atoms with Gasteiger partial charge in [-0.3, -0.25) is 14.9 Å². The predicted molar refractivity (Wildman–Crippen MR) is 66.3 cm³/mol. The number of amides is 4. The molecule has 2 saturated heterocycles. The molecule has 2 heterocycles. The highest BCUT2D eigenvalue weighted by atomic mass is 16.5. The van der Waals surface area contributed by atoms with Crippen molar-refractivity contribution >= 4 is 17.8 Å². The van der Waals surface area contributed by atoms with Crippen molar-refractivity contribution < 1.29 is 19.1 Å². The zero-order valence-electron chi connectivity index (χ0n) is 11.0. The van der Waals surface area contributed by atoms with Crippen LogP contribution in [0.3, 0.4) is 0 Å². The summed E-state index contributed by atoms with van der Waals surface area (Å²) < 4.78 is 5.18. The Hall–Kier alpha value is -1.63. The van der Waals surface area contributed by atoms with Crippen LogP contribution in [0, 0.1) is 0 Å². The fourth-order valence-corrected chi connectivity index (χ4v) is 2.47. The lowest BCUT2D eigenvalue weighted by molar-refractivity contribution is -0.131. The van der Waals surface area contributed by atoms with Gasteiger partial charge in [-0.05, 0) is 19.8 Å². The Kier molecular flexibility index (Phi) is 4.04.